The second-order valence-electron chi connectivity index (χ2n) is 9.32. The predicted octanol–water partition coefficient (Wildman–Crippen LogP) is 7.18. The third kappa shape index (κ3) is 5.20. The fourth-order valence-electron chi connectivity index (χ4n) is 4.73. The minimum absolute atomic E-state index is 0.150. The van der Waals surface area contributed by atoms with Gasteiger partial charge in [-0.3, -0.25) is 4.79 Å². The third-order valence-electron chi connectivity index (χ3n) is 6.75. The minimum Gasteiger partial charge on any atom is -0.513 e. The molecule has 1 aromatic carbocycles. The lowest BCUT2D eigenvalue weighted by atomic mass is 9.92. The lowest BCUT2D eigenvalue weighted by molar-refractivity contribution is -0.137. The maximum atomic E-state index is 13.3. The van der Waals surface area contributed by atoms with Crippen molar-refractivity contribution in [3.8, 4) is 0 Å². The number of carbonyl (C=O) groups excluding carboxylic acids is 1. The first-order valence-corrected chi connectivity index (χ1v) is 12.3. The fourth-order valence-corrected chi connectivity index (χ4v) is 5.31. The van der Waals surface area contributed by atoms with Crippen molar-refractivity contribution >= 4 is 34.8 Å². The van der Waals surface area contributed by atoms with Crippen molar-refractivity contribution in [3.63, 3.8) is 0 Å². The maximum absolute atomic E-state index is 13.3. The number of hydrogen-bond donors (Lipinski definition) is 1. The van der Waals surface area contributed by atoms with Gasteiger partial charge >= 0.3 is 6.18 Å². The van der Waals surface area contributed by atoms with Crippen LogP contribution in [0.15, 0.2) is 36.7 Å². The van der Waals surface area contributed by atoms with Gasteiger partial charge in [0, 0.05) is 42.8 Å². The Balaban J connectivity index is 1.62. The van der Waals surface area contributed by atoms with Crippen LogP contribution in [0.3, 0.4) is 0 Å². The van der Waals surface area contributed by atoms with E-state index in [1.165, 1.54) is 4.40 Å². The summed E-state index contributed by atoms with van der Waals surface area (Å²) in [7, 11) is 0. The normalized spacial score (nSPS) is 15.0. The van der Waals surface area contributed by atoms with E-state index in [-0.39, 0.29) is 29.0 Å². The highest BCUT2D eigenvalue weighted by atomic mass is 35.5. The van der Waals surface area contributed by atoms with Gasteiger partial charge in [0.15, 0.2) is 0 Å². The number of benzene rings is 1. The molecule has 5 nitrogen and oxygen atoms in total. The average molecular weight is 540 g/mol. The summed E-state index contributed by atoms with van der Waals surface area (Å²) >= 11 is 13.1. The Morgan fingerprint density at radius 2 is 1.89 bits per heavy atom. The van der Waals surface area contributed by atoms with E-state index in [0.29, 0.717) is 58.3 Å². The van der Waals surface area contributed by atoms with Crippen LogP contribution in [-0.2, 0) is 12.6 Å². The van der Waals surface area contributed by atoms with Crippen molar-refractivity contribution in [1.82, 2.24) is 14.3 Å². The Labute approximate surface area is 217 Å². The summed E-state index contributed by atoms with van der Waals surface area (Å²) in [5, 5.41) is 10.00. The van der Waals surface area contributed by atoms with Gasteiger partial charge in [0.25, 0.3) is 5.91 Å². The standard InChI is InChI=1S/C26H26Cl2F3N3O2/c1-14-10-18(26(29,30)31)13-34-16(3)22(32-24(14)34)12-20-21(27)5-4-19(23(20)28)25(36)33-8-6-17(7-9-33)11-15(2)35/h4-5,10,13,17,35H,2,6-9,11-12H2,1,3H3. The number of alkyl halides is 3. The zero-order valence-corrected chi connectivity index (χ0v) is 21.4. The number of likely N-dealkylation sites (tertiary alicyclic amines) is 1. The molecule has 0 radical (unpaired) electrons. The van der Waals surface area contributed by atoms with E-state index in [1.54, 1.807) is 30.9 Å². The van der Waals surface area contributed by atoms with E-state index < -0.39 is 11.7 Å². The van der Waals surface area contributed by atoms with Gasteiger partial charge in [-0.15, -0.1) is 0 Å². The molecule has 1 N–H and O–H groups in total. The molecule has 0 bridgehead atoms. The number of aromatic nitrogens is 2. The first-order chi connectivity index (χ1) is 16.9. The lowest BCUT2D eigenvalue weighted by Crippen LogP contribution is -2.38. The number of hydrogen-bond acceptors (Lipinski definition) is 3. The van der Waals surface area contributed by atoms with Gasteiger partial charge in [-0.1, -0.05) is 29.8 Å². The molecule has 0 unspecified atom stereocenters. The molecule has 4 rings (SSSR count). The summed E-state index contributed by atoms with van der Waals surface area (Å²) in [6, 6.07) is 4.27. The summed E-state index contributed by atoms with van der Waals surface area (Å²) in [5.74, 6) is 0.218. The molecule has 1 aliphatic heterocycles. The molecule has 3 aromatic rings. The first-order valence-electron chi connectivity index (χ1n) is 11.5. The summed E-state index contributed by atoms with van der Waals surface area (Å²) < 4.78 is 41.4. The number of allylic oxidation sites excluding steroid dienone is 1. The highest BCUT2D eigenvalue weighted by Crippen LogP contribution is 2.35. The number of rotatable bonds is 5. The summed E-state index contributed by atoms with van der Waals surface area (Å²) in [6.45, 7) is 7.90. The van der Waals surface area contributed by atoms with Gasteiger partial charge in [0.2, 0.25) is 0 Å². The molecular weight excluding hydrogens is 514 g/mol. The zero-order valence-electron chi connectivity index (χ0n) is 19.9. The maximum Gasteiger partial charge on any atom is 0.417 e. The highest BCUT2D eigenvalue weighted by Gasteiger charge is 2.32. The number of nitrogens with zero attached hydrogens (tertiary/aromatic N) is 3. The highest BCUT2D eigenvalue weighted by molar-refractivity contribution is 6.38. The molecule has 1 amide bonds. The number of aliphatic hydroxyl groups is 1. The Bertz CT molecular complexity index is 1340. The monoisotopic (exact) mass is 539 g/mol. The van der Waals surface area contributed by atoms with Crippen molar-refractivity contribution in [2.24, 2.45) is 5.92 Å². The molecule has 1 fully saturated rings. The van der Waals surface area contributed by atoms with Crippen LogP contribution in [0.4, 0.5) is 13.2 Å². The van der Waals surface area contributed by atoms with E-state index in [1.807, 2.05) is 0 Å². The van der Waals surface area contributed by atoms with Crippen LogP contribution in [0.5, 0.6) is 0 Å². The molecular formula is C26H26Cl2F3N3O2. The number of aryl methyl sites for hydroxylation is 2. The molecule has 0 spiro atoms. The number of aliphatic hydroxyl groups excluding tert-OH is 1. The number of pyridine rings is 1. The molecule has 2 aromatic heterocycles. The third-order valence-corrected chi connectivity index (χ3v) is 7.54. The van der Waals surface area contributed by atoms with Crippen LogP contribution in [0.25, 0.3) is 5.65 Å². The van der Waals surface area contributed by atoms with E-state index in [9.17, 15) is 23.1 Å². The van der Waals surface area contributed by atoms with Gasteiger partial charge in [0.1, 0.15) is 5.65 Å². The number of fused-ring (bicyclic) bond motifs is 1. The number of imidazole rings is 1. The second-order valence-corrected chi connectivity index (χ2v) is 10.1. The van der Waals surface area contributed by atoms with E-state index >= 15 is 0 Å². The average Bonchev–Trinajstić information content (AvgIpc) is 3.12. The fraction of sp³-hybridized carbons (Fsp3) is 0.385. The van der Waals surface area contributed by atoms with Crippen molar-refractivity contribution in [2.45, 2.75) is 45.7 Å². The predicted molar refractivity (Wildman–Crippen MR) is 134 cm³/mol. The van der Waals surface area contributed by atoms with Crippen LogP contribution in [-0.4, -0.2) is 38.4 Å². The van der Waals surface area contributed by atoms with Crippen molar-refractivity contribution < 1.29 is 23.1 Å². The molecule has 192 valence electrons. The number of carbonyl (C=O) groups is 1. The summed E-state index contributed by atoms with van der Waals surface area (Å²) in [4.78, 5) is 19.5. The Hall–Kier alpha value is -2.71. The van der Waals surface area contributed by atoms with Crippen LogP contribution in [0.1, 0.15) is 57.7 Å². The Kier molecular flexibility index (Phi) is 7.30. The van der Waals surface area contributed by atoms with Gasteiger partial charge in [0.05, 0.1) is 27.6 Å². The second kappa shape index (κ2) is 9.98. The molecule has 0 atom stereocenters. The Morgan fingerprint density at radius 3 is 2.50 bits per heavy atom. The van der Waals surface area contributed by atoms with E-state index in [0.717, 1.165) is 25.1 Å². The van der Waals surface area contributed by atoms with Crippen LogP contribution in [0, 0.1) is 19.8 Å². The lowest BCUT2D eigenvalue weighted by Gasteiger charge is -2.32. The molecule has 10 heteroatoms. The summed E-state index contributed by atoms with van der Waals surface area (Å²) in [5.41, 5.74) is 1.94. The van der Waals surface area contributed by atoms with Gasteiger partial charge in [-0.2, -0.15) is 13.2 Å². The minimum atomic E-state index is -4.47. The van der Waals surface area contributed by atoms with Crippen LogP contribution in [0.2, 0.25) is 10.0 Å². The zero-order chi connectivity index (χ0) is 26.4. The smallest absolute Gasteiger partial charge is 0.417 e. The van der Waals surface area contributed by atoms with Gasteiger partial charge in [-0.05, 0) is 61.9 Å². The largest absolute Gasteiger partial charge is 0.513 e. The Morgan fingerprint density at radius 1 is 1.22 bits per heavy atom. The van der Waals surface area contributed by atoms with E-state index in [2.05, 4.69) is 11.6 Å². The molecule has 1 saturated heterocycles. The topological polar surface area (TPSA) is 57.8 Å². The number of halogens is 5. The SMILES string of the molecule is C=C(O)CC1CCN(C(=O)c2ccc(Cl)c(Cc3nc4c(C)cc(C(F)(F)F)cn4c3C)c2Cl)CC1. The number of piperidine rings is 1. The van der Waals surface area contributed by atoms with Gasteiger partial charge in [-0.25, -0.2) is 4.98 Å². The van der Waals surface area contributed by atoms with E-state index in [4.69, 9.17) is 23.2 Å². The number of amides is 1. The molecule has 3 heterocycles. The van der Waals surface area contributed by atoms with Crippen molar-refractivity contribution in [1.29, 1.82) is 0 Å². The van der Waals surface area contributed by atoms with Crippen molar-refractivity contribution in [3.05, 3.63) is 80.4 Å². The van der Waals surface area contributed by atoms with Crippen molar-refractivity contribution in [2.75, 3.05) is 13.1 Å². The summed E-state index contributed by atoms with van der Waals surface area (Å²) in [6.07, 6.45) is -1.25. The molecule has 36 heavy (non-hydrogen) atoms. The molecule has 1 aliphatic rings. The molecule has 0 aliphatic carbocycles. The van der Waals surface area contributed by atoms with Gasteiger partial charge < -0.3 is 14.4 Å². The van der Waals surface area contributed by atoms with Crippen LogP contribution >= 0.6 is 23.2 Å². The van der Waals surface area contributed by atoms with Crippen LogP contribution < -0.4 is 0 Å². The molecule has 0 saturated carbocycles. The quantitative estimate of drug-likeness (QED) is 0.349. The first kappa shape index (κ1) is 26.4.